The third-order valence-electron chi connectivity index (χ3n) is 2.95. The summed E-state index contributed by atoms with van der Waals surface area (Å²) in [6, 6.07) is 2.04. The van der Waals surface area contributed by atoms with Crippen molar-refractivity contribution in [2.24, 2.45) is 0 Å². The maximum atomic E-state index is 10.7. The maximum absolute atomic E-state index is 10.7. The Morgan fingerprint density at radius 3 is 3.19 bits per heavy atom. The third kappa shape index (κ3) is 2.61. The normalized spacial score (nSPS) is 21.4. The first-order chi connectivity index (χ1) is 7.65. The van der Waals surface area contributed by atoms with Crippen LogP contribution >= 0.6 is 0 Å². The lowest BCUT2D eigenvalue weighted by Crippen LogP contribution is -2.30. The van der Waals surface area contributed by atoms with Gasteiger partial charge in [0, 0.05) is 12.1 Å². The highest BCUT2D eigenvalue weighted by molar-refractivity contribution is 5.67. The zero-order valence-electron chi connectivity index (χ0n) is 9.35. The Morgan fingerprint density at radius 2 is 2.56 bits per heavy atom. The fraction of sp³-hybridized carbons (Fsp3) is 0.636. The SMILES string of the molecule is Cc1cc(CN2CCCC2CC(=O)O)on1. The molecule has 0 aromatic carbocycles. The first-order valence-corrected chi connectivity index (χ1v) is 5.53. The van der Waals surface area contributed by atoms with E-state index in [1.165, 1.54) is 0 Å². The summed E-state index contributed by atoms with van der Waals surface area (Å²) in [5, 5.41) is 12.6. The molecule has 2 heterocycles. The van der Waals surface area contributed by atoms with E-state index in [0.29, 0.717) is 6.54 Å². The highest BCUT2D eigenvalue weighted by Crippen LogP contribution is 2.22. The van der Waals surface area contributed by atoms with Crippen LogP contribution in [0.4, 0.5) is 0 Å². The summed E-state index contributed by atoms with van der Waals surface area (Å²) < 4.78 is 5.14. The number of carboxylic acids is 1. The van der Waals surface area contributed by atoms with Gasteiger partial charge in [0.25, 0.3) is 0 Å². The smallest absolute Gasteiger partial charge is 0.304 e. The van der Waals surface area contributed by atoms with Crippen molar-refractivity contribution < 1.29 is 14.4 Å². The van der Waals surface area contributed by atoms with E-state index in [1.54, 1.807) is 0 Å². The summed E-state index contributed by atoms with van der Waals surface area (Å²) in [5.41, 5.74) is 0.865. The summed E-state index contributed by atoms with van der Waals surface area (Å²) >= 11 is 0. The van der Waals surface area contributed by atoms with Gasteiger partial charge in [0.05, 0.1) is 18.7 Å². The molecule has 1 aromatic heterocycles. The Labute approximate surface area is 94.0 Å². The van der Waals surface area contributed by atoms with E-state index < -0.39 is 5.97 Å². The molecule has 5 heteroatoms. The second-order valence-corrected chi connectivity index (χ2v) is 4.30. The molecule has 1 atom stereocenters. The van der Waals surface area contributed by atoms with E-state index in [-0.39, 0.29) is 12.5 Å². The predicted molar refractivity (Wildman–Crippen MR) is 56.9 cm³/mol. The van der Waals surface area contributed by atoms with E-state index in [0.717, 1.165) is 30.8 Å². The molecule has 1 aliphatic rings. The Morgan fingerprint density at radius 1 is 1.75 bits per heavy atom. The molecule has 1 unspecified atom stereocenters. The minimum Gasteiger partial charge on any atom is -0.481 e. The molecule has 1 aromatic rings. The van der Waals surface area contributed by atoms with Crippen LogP contribution in [0.3, 0.4) is 0 Å². The first-order valence-electron chi connectivity index (χ1n) is 5.53. The predicted octanol–water partition coefficient (Wildman–Crippen LogP) is 1.42. The second kappa shape index (κ2) is 4.65. The Balaban J connectivity index is 1.95. The Hall–Kier alpha value is -1.36. The summed E-state index contributed by atoms with van der Waals surface area (Å²) in [7, 11) is 0. The number of hydrogen-bond acceptors (Lipinski definition) is 4. The summed E-state index contributed by atoms with van der Waals surface area (Å²) in [5.74, 6) is 0.0837. The maximum Gasteiger partial charge on any atom is 0.304 e. The highest BCUT2D eigenvalue weighted by Gasteiger charge is 2.27. The topological polar surface area (TPSA) is 66.6 Å². The van der Waals surface area contributed by atoms with Crippen molar-refractivity contribution in [2.75, 3.05) is 6.54 Å². The van der Waals surface area contributed by atoms with Gasteiger partial charge in [0.15, 0.2) is 5.76 Å². The van der Waals surface area contributed by atoms with Gasteiger partial charge in [-0.15, -0.1) is 0 Å². The van der Waals surface area contributed by atoms with Gasteiger partial charge in [-0.25, -0.2) is 0 Å². The molecular formula is C11H16N2O3. The number of likely N-dealkylation sites (tertiary alicyclic amines) is 1. The summed E-state index contributed by atoms with van der Waals surface area (Å²) in [4.78, 5) is 12.9. The average Bonchev–Trinajstić information content (AvgIpc) is 2.77. The molecule has 88 valence electrons. The van der Waals surface area contributed by atoms with Crippen molar-refractivity contribution >= 4 is 5.97 Å². The van der Waals surface area contributed by atoms with Gasteiger partial charge in [0.1, 0.15) is 0 Å². The molecular weight excluding hydrogens is 208 g/mol. The second-order valence-electron chi connectivity index (χ2n) is 4.30. The quantitative estimate of drug-likeness (QED) is 0.837. The van der Waals surface area contributed by atoms with Crippen LogP contribution in [0.25, 0.3) is 0 Å². The van der Waals surface area contributed by atoms with Crippen LogP contribution in [0.15, 0.2) is 10.6 Å². The van der Waals surface area contributed by atoms with E-state index in [2.05, 4.69) is 10.1 Å². The van der Waals surface area contributed by atoms with Gasteiger partial charge in [-0.1, -0.05) is 5.16 Å². The Kier molecular flexibility index (Phi) is 3.24. The van der Waals surface area contributed by atoms with Gasteiger partial charge in [-0.2, -0.15) is 0 Å². The largest absolute Gasteiger partial charge is 0.481 e. The molecule has 16 heavy (non-hydrogen) atoms. The van der Waals surface area contributed by atoms with Gasteiger partial charge in [-0.05, 0) is 26.3 Å². The minimum absolute atomic E-state index is 0.142. The third-order valence-corrected chi connectivity index (χ3v) is 2.95. The molecule has 2 rings (SSSR count). The molecule has 1 fully saturated rings. The Bertz CT molecular complexity index is 375. The summed E-state index contributed by atoms with van der Waals surface area (Å²) in [6.07, 6.45) is 2.23. The van der Waals surface area contributed by atoms with Crippen molar-refractivity contribution in [1.29, 1.82) is 0 Å². The minimum atomic E-state index is -0.731. The van der Waals surface area contributed by atoms with Crippen molar-refractivity contribution in [3.05, 3.63) is 17.5 Å². The van der Waals surface area contributed by atoms with E-state index in [9.17, 15) is 4.79 Å². The molecule has 0 aliphatic carbocycles. The van der Waals surface area contributed by atoms with Crippen LogP contribution in [0.2, 0.25) is 0 Å². The van der Waals surface area contributed by atoms with Crippen molar-refractivity contribution in [3.8, 4) is 0 Å². The zero-order chi connectivity index (χ0) is 11.5. The average molecular weight is 224 g/mol. The molecule has 0 spiro atoms. The lowest BCUT2D eigenvalue weighted by Gasteiger charge is -2.21. The molecule has 1 N–H and O–H groups in total. The van der Waals surface area contributed by atoms with Gasteiger partial charge in [-0.3, -0.25) is 9.69 Å². The first kappa shape index (κ1) is 11.1. The van der Waals surface area contributed by atoms with Crippen LogP contribution in [0, 0.1) is 6.92 Å². The number of aliphatic carboxylic acids is 1. The van der Waals surface area contributed by atoms with Gasteiger partial charge >= 0.3 is 5.97 Å². The van der Waals surface area contributed by atoms with Crippen LogP contribution in [-0.2, 0) is 11.3 Å². The fourth-order valence-corrected chi connectivity index (χ4v) is 2.23. The fourth-order valence-electron chi connectivity index (χ4n) is 2.23. The number of carboxylic acid groups (broad SMARTS) is 1. The standard InChI is InChI=1S/C11H16N2O3/c1-8-5-10(16-12-8)7-13-4-2-3-9(13)6-11(14)15/h5,9H,2-4,6-7H2,1H3,(H,14,15). The van der Waals surface area contributed by atoms with Crippen molar-refractivity contribution in [1.82, 2.24) is 10.1 Å². The molecule has 5 nitrogen and oxygen atoms in total. The number of hydrogen-bond donors (Lipinski definition) is 1. The van der Waals surface area contributed by atoms with E-state index in [1.807, 2.05) is 13.0 Å². The molecule has 0 bridgehead atoms. The highest BCUT2D eigenvalue weighted by atomic mass is 16.5. The van der Waals surface area contributed by atoms with Crippen molar-refractivity contribution in [2.45, 2.75) is 38.8 Å². The van der Waals surface area contributed by atoms with Crippen LogP contribution in [-0.4, -0.2) is 33.7 Å². The molecule has 0 amide bonds. The van der Waals surface area contributed by atoms with Crippen LogP contribution in [0.1, 0.15) is 30.7 Å². The van der Waals surface area contributed by atoms with Gasteiger partial charge in [0.2, 0.25) is 0 Å². The van der Waals surface area contributed by atoms with Crippen LogP contribution in [0.5, 0.6) is 0 Å². The monoisotopic (exact) mass is 224 g/mol. The number of aromatic nitrogens is 1. The molecule has 0 saturated carbocycles. The number of rotatable bonds is 4. The lowest BCUT2D eigenvalue weighted by atomic mass is 10.1. The lowest BCUT2D eigenvalue weighted by molar-refractivity contribution is -0.138. The van der Waals surface area contributed by atoms with E-state index in [4.69, 9.17) is 9.63 Å². The number of aryl methyl sites for hydroxylation is 1. The number of nitrogens with zero attached hydrogens (tertiary/aromatic N) is 2. The van der Waals surface area contributed by atoms with Crippen molar-refractivity contribution in [3.63, 3.8) is 0 Å². The molecule has 1 aliphatic heterocycles. The molecule has 0 radical (unpaired) electrons. The summed E-state index contributed by atoms with van der Waals surface area (Å²) in [6.45, 7) is 3.49. The van der Waals surface area contributed by atoms with Gasteiger partial charge < -0.3 is 9.63 Å². The van der Waals surface area contributed by atoms with E-state index >= 15 is 0 Å². The zero-order valence-corrected chi connectivity index (χ0v) is 9.35. The van der Waals surface area contributed by atoms with Crippen LogP contribution < -0.4 is 0 Å². The number of carbonyl (C=O) groups is 1. The molecule has 1 saturated heterocycles.